The summed E-state index contributed by atoms with van der Waals surface area (Å²) in [6, 6.07) is 10.7. The van der Waals surface area contributed by atoms with Crippen LogP contribution >= 0.6 is 15.9 Å². The van der Waals surface area contributed by atoms with E-state index in [9.17, 15) is 4.79 Å². The number of methoxy groups -OCH3 is 1. The Labute approximate surface area is 119 Å². The molecule has 0 bridgehead atoms. The van der Waals surface area contributed by atoms with Gasteiger partial charge in [0.15, 0.2) is 0 Å². The van der Waals surface area contributed by atoms with Gasteiger partial charge in [-0.25, -0.2) is 4.79 Å². The maximum atomic E-state index is 11.4. The molecule has 0 saturated heterocycles. The second kappa shape index (κ2) is 6.33. The summed E-state index contributed by atoms with van der Waals surface area (Å²) in [7, 11) is 1.35. The van der Waals surface area contributed by atoms with Gasteiger partial charge in [0.1, 0.15) is 12.4 Å². The number of hydrogen-bond acceptors (Lipinski definition) is 4. The molecule has 2 rings (SSSR count). The number of rotatable bonds is 4. The van der Waals surface area contributed by atoms with Crippen LogP contribution in [0.2, 0.25) is 0 Å². The number of aromatic nitrogens is 1. The minimum Gasteiger partial charge on any atom is -0.486 e. The number of nitrogens with zero attached hydrogens (tertiary/aromatic N) is 1. The number of esters is 1. The van der Waals surface area contributed by atoms with Crippen molar-refractivity contribution < 1.29 is 14.3 Å². The average Bonchev–Trinajstić information content (AvgIpc) is 2.46. The monoisotopic (exact) mass is 321 g/mol. The molecule has 98 valence electrons. The average molecular weight is 322 g/mol. The fourth-order valence-electron chi connectivity index (χ4n) is 1.50. The van der Waals surface area contributed by atoms with Gasteiger partial charge in [-0.15, -0.1) is 0 Å². The zero-order chi connectivity index (χ0) is 13.7. The van der Waals surface area contributed by atoms with Gasteiger partial charge in [-0.3, -0.25) is 4.98 Å². The number of carbonyl (C=O) groups excluding carboxylic acids is 1. The molecule has 5 heteroatoms. The Morgan fingerprint density at radius 2 is 2.16 bits per heavy atom. The molecule has 0 aliphatic carbocycles. The standard InChI is InChI=1S/C14H12BrNO3/c1-18-14(17)10-5-6-13(12(15)8-10)19-9-11-4-2-3-7-16-11/h2-8H,9H2,1H3. The molecule has 2 aromatic rings. The van der Waals surface area contributed by atoms with Crippen molar-refractivity contribution in [3.8, 4) is 5.75 Å². The van der Waals surface area contributed by atoms with Gasteiger partial charge in [0.25, 0.3) is 0 Å². The van der Waals surface area contributed by atoms with Gasteiger partial charge < -0.3 is 9.47 Å². The van der Waals surface area contributed by atoms with E-state index in [1.54, 1.807) is 24.4 Å². The highest BCUT2D eigenvalue weighted by atomic mass is 79.9. The lowest BCUT2D eigenvalue weighted by molar-refractivity contribution is 0.0600. The fourth-order valence-corrected chi connectivity index (χ4v) is 1.99. The van der Waals surface area contributed by atoms with Gasteiger partial charge in [-0.2, -0.15) is 0 Å². The fraction of sp³-hybridized carbons (Fsp3) is 0.143. The Kier molecular flexibility index (Phi) is 4.52. The number of halogens is 1. The van der Waals surface area contributed by atoms with Crippen LogP contribution < -0.4 is 4.74 Å². The van der Waals surface area contributed by atoms with Crippen LogP contribution in [0.15, 0.2) is 47.1 Å². The molecule has 19 heavy (non-hydrogen) atoms. The van der Waals surface area contributed by atoms with Crippen molar-refractivity contribution in [2.75, 3.05) is 7.11 Å². The van der Waals surface area contributed by atoms with Crippen LogP contribution in [0, 0.1) is 0 Å². The summed E-state index contributed by atoms with van der Waals surface area (Å²) < 4.78 is 11.0. The molecule has 0 radical (unpaired) electrons. The van der Waals surface area contributed by atoms with E-state index in [0.717, 1.165) is 5.69 Å². The molecule has 0 spiro atoms. The highest BCUT2D eigenvalue weighted by molar-refractivity contribution is 9.10. The lowest BCUT2D eigenvalue weighted by atomic mass is 10.2. The quantitative estimate of drug-likeness (QED) is 0.811. The topological polar surface area (TPSA) is 48.4 Å². The lowest BCUT2D eigenvalue weighted by Crippen LogP contribution is -2.02. The molecule has 0 aliphatic heterocycles. The summed E-state index contributed by atoms with van der Waals surface area (Å²) in [5, 5.41) is 0. The van der Waals surface area contributed by atoms with E-state index in [1.165, 1.54) is 7.11 Å². The molecule has 0 atom stereocenters. The van der Waals surface area contributed by atoms with Gasteiger partial charge >= 0.3 is 5.97 Å². The third kappa shape index (κ3) is 3.54. The highest BCUT2D eigenvalue weighted by Crippen LogP contribution is 2.26. The van der Waals surface area contributed by atoms with E-state index < -0.39 is 0 Å². The van der Waals surface area contributed by atoms with Gasteiger partial charge in [0.2, 0.25) is 0 Å². The summed E-state index contributed by atoms with van der Waals surface area (Å²) in [5.74, 6) is 0.273. The molecular formula is C14H12BrNO3. The highest BCUT2D eigenvalue weighted by Gasteiger charge is 2.09. The first-order valence-corrected chi connectivity index (χ1v) is 6.40. The van der Waals surface area contributed by atoms with Crippen molar-refractivity contribution in [2.24, 2.45) is 0 Å². The number of hydrogen-bond donors (Lipinski definition) is 0. The zero-order valence-corrected chi connectivity index (χ0v) is 11.9. The molecule has 1 aromatic carbocycles. The summed E-state index contributed by atoms with van der Waals surface area (Å²) in [6.07, 6.45) is 1.72. The van der Waals surface area contributed by atoms with E-state index in [4.69, 9.17) is 4.74 Å². The lowest BCUT2D eigenvalue weighted by Gasteiger charge is -2.08. The van der Waals surface area contributed by atoms with Crippen LogP contribution in [0.1, 0.15) is 16.1 Å². The van der Waals surface area contributed by atoms with E-state index in [-0.39, 0.29) is 5.97 Å². The Bertz CT molecular complexity index is 572. The third-order valence-electron chi connectivity index (χ3n) is 2.45. The van der Waals surface area contributed by atoms with Gasteiger partial charge in [0, 0.05) is 6.20 Å². The third-order valence-corrected chi connectivity index (χ3v) is 3.07. The molecule has 0 fully saturated rings. The van der Waals surface area contributed by atoms with Gasteiger partial charge in [-0.05, 0) is 46.3 Å². The minimum atomic E-state index is -0.378. The predicted molar refractivity (Wildman–Crippen MR) is 74.1 cm³/mol. The first-order valence-electron chi connectivity index (χ1n) is 5.61. The second-order valence-corrected chi connectivity index (χ2v) is 4.60. The Balaban J connectivity index is 2.07. The molecule has 0 amide bonds. The first kappa shape index (κ1) is 13.5. The van der Waals surface area contributed by atoms with Crippen LogP contribution in [0.4, 0.5) is 0 Å². The van der Waals surface area contributed by atoms with Crippen molar-refractivity contribution in [1.29, 1.82) is 0 Å². The SMILES string of the molecule is COC(=O)c1ccc(OCc2ccccn2)c(Br)c1. The van der Waals surface area contributed by atoms with Crippen molar-refractivity contribution in [3.63, 3.8) is 0 Å². The number of pyridine rings is 1. The number of carbonyl (C=O) groups is 1. The van der Waals surface area contributed by atoms with Crippen molar-refractivity contribution >= 4 is 21.9 Å². The van der Waals surface area contributed by atoms with Gasteiger partial charge in [0.05, 0.1) is 22.8 Å². The summed E-state index contributed by atoms with van der Waals surface area (Å²) in [4.78, 5) is 15.5. The van der Waals surface area contributed by atoms with Crippen molar-refractivity contribution in [2.45, 2.75) is 6.61 Å². The molecule has 1 heterocycles. The summed E-state index contributed by atoms with van der Waals surface area (Å²) >= 11 is 3.36. The first-order chi connectivity index (χ1) is 9.20. The Morgan fingerprint density at radius 3 is 2.79 bits per heavy atom. The summed E-state index contributed by atoms with van der Waals surface area (Å²) in [6.45, 7) is 0.372. The predicted octanol–water partition coefficient (Wildman–Crippen LogP) is 3.21. The molecule has 0 N–H and O–H groups in total. The molecule has 0 unspecified atom stereocenters. The van der Waals surface area contributed by atoms with Crippen LogP contribution in [0.3, 0.4) is 0 Å². The molecule has 0 saturated carbocycles. The second-order valence-electron chi connectivity index (χ2n) is 3.75. The Morgan fingerprint density at radius 1 is 1.32 bits per heavy atom. The van der Waals surface area contributed by atoms with Crippen LogP contribution in [0.5, 0.6) is 5.75 Å². The maximum absolute atomic E-state index is 11.4. The number of ether oxygens (including phenoxy) is 2. The Hall–Kier alpha value is -1.88. The minimum absolute atomic E-state index is 0.372. The largest absolute Gasteiger partial charge is 0.486 e. The van der Waals surface area contributed by atoms with Crippen LogP contribution in [-0.4, -0.2) is 18.1 Å². The van der Waals surface area contributed by atoms with Crippen molar-refractivity contribution in [3.05, 3.63) is 58.3 Å². The number of benzene rings is 1. The maximum Gasteiger partial charge on any atom is 0.337 e. The normalized spacial score (nSPS) is 10.0. The van der Waals surface area contributed by atoms with Crippen LogP contribution in [-0.2, 0) is 11.3 Å². The van der Waals surface area contributed by atoms with Crippen molar-refractivity contribution in [1.82, 2.24) is 4.98 Å². The molecule has 1 aromatic heterocycles. The smallest absolute Gasteiger partial charge is 0.337 e. The molecular weight excluding hydrogens is 310 g/mol. The van der Waals surface area contributed by atoms with Gasteiger partial charge in [-0.1, -0.05) is 6.07 Å². The van der Waals surface area contributed by atoms with E-state index in [1.807, 2.05) is 18.2 Å². The van der Waals surface area contributed by atoms with E-state index in [0.29, 0.717) is 22.4 Å². The van der Waals surface area contributed by atoms with E-state index in [2.05, 4.69) is 25.7 Å². The zero-order valence-electron chi connectivity index (χ0n) is 10.3. The molecule has 0 aliphatic rings. The summed E-state index contributed by atoms with van der Waals surface area (Å²) in [5.41, 5.74) is 1.31. The van der Waals surface area contributed by atoms with E-state index >= 15 is 0 Å². The molecule has 4 nitrogen and oxygen atoms in total. The van der Waals surface area contributed by atoms with Crippen LogP contribution in [0.25, 0.3) is 0 Å².